The van der Waals surface area contributed by atoms with Crippen LogP contribution in [0.15, 0.2) is 22.2 Å². The van der Waals surface area contributed by atoms with Gasteiger partial charge in [-0.1, -0.05) is 11.8 Å². The molecule has 19 heavy (non-hydrogen) atoms. The molecule has 0 aromatic carbocycles. The van der Waals surface area contributed by atoms with E-state index in [1.54, 1.807) is 6.92 Å². The van der Waals surface area contributed by atoms with Gasteiger partial charge in [-0.2, -0.15) is 0 Å². The van der Waals surface area contributed by atoms with E-state index in [0.29, 0.717) is 24.6 Å². The van der Waals surface area contributed by atoms with E-state index in [1.165, 1.54) is 24.0 Å². The van der Waals surface area contributed by atoms with Crippen LogP contribution >= 0.6 is 11.8 Å². The molecule has 2 unspecified atom stereocenters. The van der Waals surface area contributed by atoms with Crippen molar-refractivity contribution in [1.29, 1.82) is 0 Å². The summed E-state index contributed by atoms with van der Waals surface area (Å²) in [6.45, 7) is 2.10. The van der Waals surface area contributed by atoms with Crippen LogP contribution in [0.5, 0.6) is 0 Å². The molecular weight excluding hydrogens is 266 g/mol. The third-order valence-electron chi connectivity index (χ3n) is 3.11. The average molecular weight is 283 g/mol. The zero-order valence-electron chi connectivity index (χ0n) is 10.7. The van der Waals surface area contributed by atoms with Gasteiger partial charge in [0.2, 0.25) is 0 Å². The van der Waals surface area contributed by atoms with Gasteiger partial charge in [-0.05, 0) is 26.2 Å². The van der Waals surface area contributed by atoms with Crippen molar-refractivity contribution in [2.75, 3.05) is 6.61 Å². The van der Waals surface area contributed by atoms with E-state index in [9.17, 15) is 9.59 Å². The Hall–Kier alpha value is -1.34. The summed E-state index contributed by atoms with van der Waals surface area (Å²) in [5.74, 6) is -0.340. The summed E-state index contributed by atoms with van der Waals surface area (Å²) in [6.07, 6.45) is 3.41. The number of thioether (sulfide) groups is 1. The van der Waals surface area contributed by atoms with Crippen LogP contribution in [0.2, 0.25) is 0 Å². The molecule has 1 fully saturated rings. The lowest BCUT2D eigenvalue weighted by Crippen LogP contribution is -2.47. The number of nitrogens with zero attached hydrogens (tertiary/aromatic N) is 1. The van der Waals surface area contributed by atoms with Gasteiger partial charge in [0.25, 0.3) is 5.56 Å². The highest BCUT2D eigenvalue weighted by molar-refractivity contribution is 7.99. The highest BCUT2D eigenvalue weighted by Gasteiger charge is 2.43. The second-order valence-electron chi connectivity index (χ2n) is 4.60. The molecule has 1 aromatic rings. The Morgan fingerprint density at radius 1 is 1.74 bits per heavy atom. The molecule has 7 heteroatoms. The molecule has 0 saturated heterocycles. The number of carbonyl (C=O) groups is 1. The number of H-pyrrole nitrogens is 1. The molecule has 2 rings (SSSR count). The Morgan fingerprint density at radius 3 is 3.21 bits per heavy atom. The SMILES string of the molecule is CCOC(=O)C1(N)CCC(Sc2nccc(=O)[nH]2)C1. The fourth-order valence-corrected chi connectivity index (χ4v) is 3.37. The first-order valence-electron chi connectivity index (χ1n) is 6.21. The summed E-state index contributed by atoms with van der Waals surface area (Å²) in [7, 11) is 0. The monoisotopic (exact) mass is 283 g/mol. The van der Waals surface area contributed by atoms with Crippen LogP contribution in [0.25, 0.3) is 0 Å². The third kappa shape index (κ3) is 3.36. The van der Waals surface area contributed by atoms with E-state index in [2.05, 4.69) is 9.97 Å². The van der Waals surface area contributed by atoms with Crippen molar-refractivity contribution in [3.63, 3.8) is 0 Å². The molecule has 1 aromatic heterocycles. The quantitative estimate of drug-likeness (QED) is 0.622. The summed E-state index contributed by atoms with van der Waals surface area (Å²) in [6, 6.07) is 1.37. The van der Waals surface area contributed by atoms with Gasteiger partial charge < -0.3 is 15.5 Å². The van der Waals surface area contributed by atoms with Crippen LogP contribution in [0.3, 0.4) is 0 Å². The second kappa shape index (κ2) is 5.75. The maximum absolute atomic E-state index is 11.8. The molecule has 0 amide bonds. The zero-order chi connectivity index (χ0) is 13.9. The number of rotatable bonds is 4. The van der Waals surface area contributed by atoms with Crippen molar-refractivity contribution in [3.05, 3.63) is 22.6 Å². The first-order chi connectivity index (χ1) is 9.03. The van der Waals surface area contributed by atoms with Gasteiger partial charge in [-0.3, -0.25) is 9.59 Å². The zero-order valence-corrected chi connectivity index (χ0v) is 11.5. The molecule has 0 spiro atoms. The van der Waals surface area contributed by atoms with Crippen molar-refractivity contribution in [2.45, 2.75) is 42.1 Å². The molecule has 0 bridgehead atoms. The fourth-order valence-electron chi connectivity index (χ4n) is 2.16. The van der Waals surface area contributed by atoms with Gasteiger partial charge in [0.15, 0.2) is 5.16 Å². The first kappa shape index (κ1) is 14.1. The lowest BCUT2D eigenvalue weighted by atomic mass is 10.00. The topological polar surface area (TPSA) is 98.1 Å². The van der Waals surface area contributed by atoms with Crippen molar-refractivity contribution >= 4 is 17.7 Å². The van der Waals surface area contributed by atoms with Crippen molar-refractivity contribution in [3.8, 4) is 0 Å². The standard InChI is InChI=1S/C12H17N3O3S/c1-2-18-10(17)12(13)5-3-8(7-12)19-11-14-6-4-9(16)15-11/h4,6,8H,2-3,5,7,13H2,1H3,(H,14,15,16). The molecule has 0 radical (unpaired) electrons. The van der Waals surface area contributed by atoms with Crippen molar-refractivity contribution in [1.82, 2.24) is 9.97 Å². The summed E-state index contributed by atoms with van der Waals surface area (Å²) in [5, 5.41) is 0.727. The van der Waals surface area contributed by atoms with Crippen LogP contribution in [0.4, 0.5) is 0 Å². The number of carbonyl (C=O) groups excluding carboxylic acids is 1. The number of aromatic nitrogens is 2. The molecule has 3 N–H and O–H groups in total. The lowest BCUT2D eigenvalue weighted by molar-refractivity contribution is -0.149. The van der Waals surface area contributed by atoms with E-state index in [-0.39, 0.29) is 16.8 Å². The van der Waals surface area contributed by atoms with Crippen LogP contribution in [-0.4, -0.2) is 33.3 Å². The summed E-state index contributed by atoms with van der Waals surface area (Å²) < 4.78 is 5.00. The lowest BCUT2D eigenvalue weighted by Gasteiger charge is -2.21. The molecule has 2 atom stereocenters. The van der Waals surface area contributed by atoms with Gasteiger partial charge in [-0.15, -0.1) is 0 Å². The van der Waals surface area contributed by atoms with E-state index in [0.717, 1.165) is 6.42 Å². The van der Waals surface area contributed by atoms with E-state index >= 15 is 0 Å². The van der Waals surface area contributed by atoms with Gasteiger partial charge in [-0.25, -0.2) is 4.98 Å². The Bertz CT molecular complexity index is 519. The molecule has 1 heterocycles. The third-order valence-corrected chi connectivity index (χ3v) is 4.28. The Morgan fingerprint density at radius 2 is 2.53 bits per heavy atom. The number of ether oxygens (including phenoxy) is 1. The maximum Gasteiger partial charge on any atom is 0.326 e. The smallest absolute Gasteiger partial charge is 0.326 e. The van der Waals surface area contributed by atoms with Crippen molar-refractivity contribution in [2.24, 2.45) is 5.73 Å². The van der Waals surface area contributed by atoms with Gasteiger partial charge in [0.1, 0.15) is 5.54 Å². The Labute approximate surface area is 115 Å². The number of nitrogens with one attached hydrogen (secondary N) is 1. The van der Waals surface area contributed by atoms with Crippen LogP contribution in [0, 0.1) is 0 Å². The maximum atomic E-state index is 11.8. The van der Waals surface area contributed by atoms with Crippen LogP contribution in [-0.2, 0) is 9.53 Å². The molecule has 1 aliphatic carbocycles. The van der Waals surface area contributed by atoms with Crippen LogP contribution in [0.1, 0.15) is 26.2 Å². The van der Waals surface area contributed by atoms with Crippen LogP contribution < -0.4 is 11.3 Å². The summed E-state index contributed by atoms with van der Waals surface area (Å²) >= 11 is 1.45. The minimum absolute atomic E-state index is 0.167. The minimum Gasteiger partial charge on any atom is -0.465 e. The van der Waals surface area contributed by atoms with Gasteiger partial charge >= 0.3 is 5.97 Å². The normalized spacial score (nSPS) is 26.3. The molecular formula is C12H17N3O3S. The fraction of sp³-hybridized carbons (Fsp3) is 0.583. The van der Waals surface area contributed by atoms with E-state index < -0.39 is 5.54 Å². The van der Waals surface area contributed by atoms with Crippen molar-refractivity contribution < 1.29 is 9.53 Å². The minimum atomic E-state index is -0.900. The average Bonchev–Trinajstić information content (AvgIpc) is 2.73. The number of hydrogen-bond donors (Lipinski definition) is 2. The highest BCUT2D eigenvalue weighted by Crippen LogP contribution is 2.38. The Kier molecular flexibility index (Phi) is 4.26. The summed E-state index contributed by atoms with van der Waals surface area (Å²) in [5.41, 5.74) is 5.00. The van der Waals surface area contributed by atoms with Gasteiger partial charge in [0.05, 0.1) is 6.61 Å². The number of esters is 1. The summed E-state index contributed by atoms with van der Waals surface area (Å²) in [4.78, 5) is 29.7. The number of hydrogen-bond acceptors (Lipinski definition) is 6. The molecule has 1 aliphatic rings. The molecule has 6 nitrogen and oxygen atoms in total. The second-order valence-corrected chi connectivity index (χ2v) is 5.89. The van der Waals surface area contributed by atoms with E-state index in [4.69, 9.17) is 10.5 Å². The first-order valence-corrected chi connectivity index (χ1v) is 7.09. The van der Waals surface area contributed by atoms with Gasteiger partial charge in [0, 0.05) is 17.5 Å². The predicted molar refractivity (Wildman–Crippen MR) is 71.9 cm³/mol. The number of aromatic amines is 1. The predicted octanol–water partition coefficient (Wildman–Crippen LogP) is 0.675. The molecule has 1 saturated carbocycles. The molecule has 0 aliphatic heterocycles. The highest BCUT2D eigenvalue weighted by atomic mass is 32.2. The largest absolute Gasteiger partial charge is 0.465 e. The van der Waals surface area contributed by atoms with E-state index in [1.807, 2.05) is 0 Å². The Balaban J connectivity index is 1.99. The molecule has 104 valence electrons. The number of nitrogens with two attached hydrogens (primary N) is 1.